The normalized spacial score (nSPS) is 12.1. The molecule has 0 radical (unpaired) electrons. The second-order valence-electron chi connectivity index (χ2n) is 7.26. The van der Waals surface area contributed by atoms with E-state index >= 15 is 0 Å². The molecule has 0 aromatic heterocycles. The summed E-state index contributed by atoms with van der Waals surface area (Å²) in [5.41, 5.74) is 0. The summed E-state index contributed by atoms with van der Waals surface area (Å²) in [4.78, 5) is 5.13. The molecule has 0 aromatic carbocycles. The molecule has 0 unspecified atom stereocenters. The Kier molecular flexibility index (Phi) is 13.7. The number of hydrogen-bond donors (Lipinski definition) is 0. The van der Waals surface area contributed by atoms with Crippen LogP contribution in [0, 0.1) is 0 Å². The first kappa shape index (κ1) is 21.8. The van der Waals surface area contributed by atoms with Gasteiger partial charge in [-0.3, -0.25) is 0 Å². The maximum absolute atomic E-state index is 2.67. The maximum atomic E-state index is 2.67. The monoisotopic (exact) mass is 400 g/mol. The van der Waals surface area contributed by atoms with Crippen molar-refractivity contribution in [2.24, 2.45) is 0 Å². The summed E-state index contributed by atoms with van der Waals surface area (Å²) >= 11 is -1.21. The SMILES string of the molecule is CC[CH2][In]([CH2]CCN(C)CC)[CH2]CCN(C(C)C)C(C)C. The molecule has 0 amide bonds. The van der Waals surface area contributed by atoms with Gasteiger partial charge in [0.15, 0.2) is 0 Å². The van der Waals surface area contributed by atoms with Crippen molar-refractivity contribution >= 4 is 21.4 Å². The number of nitrogens with zero attached hydrogens (tertiary/aromatic N) is 2. The van der Waals surface area contributed by atoms with Crippen molar-refractivity contribution in [3.63, 3.8) is 0 Å². The second kappa shape index (κ2) is 13.2. The van der Waals surface area contributed by atoms with Crippen LogP contribution in [0.2, 0.25) is 12.5 Å². The summed E-state index contributed by atoms with van der Waals surface area (Å²) in [5.74, 6) is 0. The molecule has 0 aliphatic carbocycles. The van der Waals surface area contributed by atoms with Crippen LogP contribution in [0.5, 0.6) is 0 Å². The number of hydrogen-bond acceptors (Lipinski definition) is 2. The zero-order valence-corrected chi connectivity index (χ0v) is 19.3. The van der Waals surface area contributed by atoms with E-state index in [1.807, 2.05) is 0 Å². The molecule has 0 heterocycles. The summed E-state index contributed by atoms with van der Waals surface area (Å²) < 4.78 is 4.88. The van der Waals surface area contributed by atoms with Gasteiger partial charge < -0.3 is 0 Å². The fourth-order valence-corrected chi connectivity index (χ4v) is 12.5. The molecule has 0 aromatic rings. The summed E-state index contributed by atoms with van der Waals surface area (Å²) in [6.45, 7) is 17.8. The Hall–Kier alpha value is 0.790. The van der Waals surface area contributed by atoms with Crippen molar-refractivity contribution < 1.29 is 0 Å². The van der Waals surface area contributed by atoms with Gasteiger partial charge in [-0.2, -0.15) is 0 Å². The Morgan fingerprint density at radius 2 is 1.33 bits per heavy atom. The van der Waals surface area contributed by atoms with Crippen LogP contribution in [0.3, 0.4) is 0 Å². The van der Waals surface area contributed by atoms with Crippen LogP contribution in [0.1, 0.15) is 60.8 Å². The van der Waals surface area contributed by atoms with E-state index in [1.54, 1.807) is 12.5 Å². The van der Waals surface area contributed by atoms with Crippen molar-refractivity contribution in [1.82, 2.24) is 9.80 Å². The van der Waals surface area contributed by atoms with E-state index in [4.69, 9.17) is 0 Å². The molecule has 0 N–H and O–H groups in total. The third-order valence-corrected chi connectivity index (χ3v) is 15.7. The first-order valence-electron chi connectivity index (χ1n) is 9.36. The second-order valence-corrected chi connectivity index (χ2v) is 17.1. The average Bonchev–Trinajstić information content (AvgIpc) is 2.42. The fraction of sp³-hybridized carbons (Fsp3) is 1.00. The molecule has 0 aliphatic rings. The average molecular weight is 400 g/mol. The molecule has 0 rings (SSSR count). The van der Waals surface area contributed by atoms with Gasteiger partial charge in [0.25, 0.3) is 0 Å². The number of rotatable bonds is 13. The predicted molar refractivity (Wildman–Crippen MR) is 99.8 cm³/mol. The van der Waals surface area contributed by atoms with Crippen LogP contribution in [0.15, 0.2) is 0 Å². The quantitative estimate of drug-likeness (QED) is 0.441. The standard InChI is InChI=1S/C9H20N.C6H14N.C3H7.In/c1-6-7-10(8(2)3)9(4)5;1-4-6-7(3)5-2;1-3-2;/h8-9H,1,6-7H2,2-5H3;1,4-6H2,2-3H3;1,3H2,2H3;. The first-order chi connectivity index (χ1) is 9.92. The van der Waals surface area contributed by atoms with Gasteiger partial charge in [0.1, 0.15) is 0 Å². The van der Waals surface area contributed by atoms with Crippen molar-refractivity contribution in [1.29, 1.82) is 0 Å². The van der Waals surface area contributed by atoms with E-state index < -0.39 is 21.4 Å². The van der Waals surface area contributed by atoms with E-state index in [9.17, 15) is 0 Å². The Morgan fingerprint density at radius 1 is 0.810 bits per heavy atom. The van der Waals surface area contributed by atoms with Gasteiger partial charge in [-0.15, -0.1) is 0 Å². The van der Waals surface area contributed by atoms with Gasteiger partial charge in [-0.05, 0) is 0 Å². The molecule has 21 heavy (non-hydrogen) atoms. The summed E-state index contributed by atoms with van der Waals surface area (Å²) in [6, 6.07) is 1.39. The summed E-state index contributed by atoms with van der Waals surface area (Å²) in [7, 11) is 2.26. The minimum atomic E-state index is -1.21. The third kappa shape index (κ3) is 11.0. The molecule has 2 nitrogen and oxygen atoms in total. The Balaban J connectivity index is 4.02. The summed E-state index contributed by atoms with van der Waals surface area (Å²) in [6.07, 6.45) is 4.35. The van der Waals surface area contributed by atoms with Gasteiger partial charge >= 0.3 is 143 Å². The van der Waals surface area contributed by atoms with Crippen molar-refractivity contribution in [2.45, 2.75) is 85.4 Å². The molecule has 0 saturated carbocycles. The van der Waals surface area contributed by atoms with Gasteiger partial charge in [0, 0.05) is 0 Å². The molecule has 0 spiro atoms. The third-order valence-electron chi connectivity index (χ3n) is 4.74. The van der Waals surface area contributed by atoms with Crippen LogP contribution in [0.25, 0.3) is 0 Å². The first-order valence-corrected chi connectivity index (χ1v) is 16.4. The molecule has 0 atom stereocenters. The molecule has 0 bridgehead atoms. The minimum absolute atomic E-state index is 0.697. The van der Waals surface area contributed by atoms with Gasteiger partial charge in [-0.1, -0.05) is 0 Å². The van der Waals surface area contributed by atoms with Crippen LogP contribution >= 0.6 is 0 Å². The van der Waals surface area contributed by atoms with E-state index in [2.05, 4.69) is 58.4 Å². The zero-order valence-electron chi connectivity index (χ0n) is 16.0. The van der Waals surface area contributed by atoms with E-state index in [1.165, 1.54) is 38.9 Å². The Bertz CT molecular complexity index is 223. The van der Waals surface area contributed by atoms with Gasteiger partial charge in [0.05, 0.1) is 0 Å². The van der Waals surface area contributed by atoms with Crippen molar-refractivity contribution in [2.75, 3.05) is 26.7 Å². The molecular formula is C18H41InN2. The molecule has 0 fully saturated rings. The van der Waals surface area contributed by atoms with Crippen LogP contribution in [-0.4, -0.2) is 70.0 Å². The van der Waals surface area contributed by atoms with E-state index in [0.717, 1.165) is 0 Å². The Morgan fingerprint density at radius 3 is 1.76 bits per heavy atom. The molecule has 126 valence electrons. The molecule has 0 saturated heterocycles. The van der Waals surface area contributed by atoms with Crippen LogP contribution < -0.4 is 0 Å². The predicted octanol–water partition coefficient (Wildman–Crippen LogP) is 4.74. The van der Waals surface area contributed by atoms with Gasteiger partial charge in [-0.25, -0.2) is 0 Å². The fourth-order valence-electron chi connectivity index (χ4n) is 3.32. The van der Waals surface area contributed by atoms with Gasteiger partial charge in [0.2, 0.25) is 0 Å². The van der Waals surface area contributed by atoms with Crippen LogP contribution in [0.4, 0.5) is 0 Å². The van der Waals surface area contributed by atoms with E-state index in [0.29, 0.717) is 12.1 Å². The van der Waals surface area contributed by atoms with Crippen molar-refractivity contribution in [3.05, 3.63) is 0 Å². The summed E-state index contributed by atoms with van der Waals surface area (Å²) in [5, 5.41) is 0. The molecular weight excluding hydrogens is 359 g/mol. The molecule has 3 heteroatoms. The zero-order chi connectivity index (χ0) is 16.3. The van der Waals surface area contributed by atoms with Crippen molar-refractivity contribution in [3.8, 4) is 0 Å². The van der Waals surface area contributed by atoms with Crippen LogP contribution in [-0.2, 0) is 0 Å². The van der Waals surface area contributed by atoms with E-state index in [-0.39, 0.29) is 0 Å². The Labute approximate surface area is 143 Å². The topological polar surface area (TPSA) is 6.48 Å². The molecule has 0 aliphatic heterocycles.